The van der Waals surface area contributed by atoms with Crippen molar-refractivity contribution in [3.8, 4) is 23.1 Å². The Morgan fingerprint density at radius 2 is 1.79 bits per heavy atom. The van der Waals surface area contributed by atoms with Crippen LogP contribution in [0.15, 0.2) is 16.9 Å². The zero-order valence-electron chi connectivity index (χ0n) is 15.3. The number of methoxy groups -OCH3 is 3. The van der Waals surface area contributed by atoms with E-state index in [1.807, 2.05) is 0 Å². The Hall–Kier alpha value is -3.89. The number of fused-ring (bicyclic) bond motifs is 1. The van der Waals surface area contributed by atoms with Gasteiger partial charge in [0.05, 0.1) is 27.8 Å². The number of carbonyl (C=O) groups excluding carboxylic acids is 1. The molecule has 28 heavy (non-hydrogen) atoms. The minimum Gasteiger partial charge on any atom is -0.496 e. The van der Waals surface area contributed by atoms with E-state index in [1.54, 1.807) is 0 Å². The van der Waals surface area contributed by atoms with Crippen LogP contribution < -0.4 is 25.4 Å². The fourth-order valence-electron chi connectivity index (χ4n) is 2.71. The summed E-state index contributed by atoms with van der Waals surface area (Å²) >= 11 is 0. The van der Waals surface area contributed by atoms with Crippen molar-refractivity contribution in [2.75, 3.05) is 27.1 Å². The minimum absolute atomic E-state index is 0.0363. The number of Topliss-reactive ketones (excluding diaryl/α,β-unsaturated/α-hetero) is 1. The van der Waals surface area contributed by atoms with Gasteiger partial charge < -0.3 is 25.1 Å². The van der Waals surface area contributed by atoms with Gasteiger partial charge in [-0.25, -0.2) is 0 Å². The Balaban J connectivity index is 2.07. The predicted molar refractivity (Wildman–Crippen MR) is 98.2 cm³/mol. The van der Waals surface area contributed by atoms with Crippen LogP contribution >= 0.6 is 0 Å². The highest BCUT2D eigenvalue weighted by atomic mass is 16.5. The second-order valence-electron chi connectivity index (χ2n) is 5.64. The van der Waals surface area contributed by atoms with Crippen molar-refractivity contribution in [3.05, 3.63) is 33.6 Å². The smallest absolute Gasteiger partial charge is 0.229 e. The number of anilines is 1. The molecule has 0 fully saturated rings. The molecular formula is C17H17N5O6. The zero-order chi connectivity index (χ0) is 20.4. The average molecular weight is 387 g/mol. The molecule has 0 saturated carbocycles. The quantitative estimate of drug-likeness (QED) is 0.506. The van der Waals surface area contributed by atoms with Gasteiger partial charge in [-0.15, -0.1) is 0 Å². The fraction of sp³-hybridized carbons (Fsp3) is 0.235. The van der Waals surface area contributed by atoms with Crippen molar-refractivity contribution in [3.63, 3.8) is 0 Å². The third kappa shape index (κ3) is 3.24. The Labute approximate surface area is 158 Å². The van der Waals surface area contributed by atoms with Crippen molar-refractivity contribution in [2.45, 2.75) is 6.42 Å². The van der Waals surface area contributed by atoms with E-state index in [0.29, 0.717) is 5.75 Å². The fourth-order valence-corrected chi connectivity index (χ4v) is 2.71. The number of nitrogens with two attached hydrogens (primary N) is 1. The molecule has 0 aliphatic carbocycles. The van der Waals surface area contributed by atoms with Crippen LogP contribution in [0.4, 0.5) is 5.95 Å². The summed E-state index contributed by atoms with van der Waals surface area (Å²) in [5.41, 5.74) is 4.70. The zero-order valence-corrected chi connectivity index (χ0v) is 15.3. The number of aromatic nitrogens is 4. The van der Waals surface area contributed by atoms with E-state index in [-0.39, 0.29) is 46.2 Å². The molecule has 3 rings (SSSR count). The largest absolute Gasteiger partial charge is 0.496 e. The Morgan fingerprint density at radius 1 is 1.14 bits per heavy atom. The molecule has 11 heteroatoms. The summed E-state index contributed by atoms with van der Waals surface area (Å²) in [7, 11) is 4.26. The van der Waals surface area contributed by atoms with Crippen LogP contribution in [0.2, 0.25) is 0 Å². The first kappa shape index (κ1) is 18.9. The van der Waals surface area contributed by atoms with Gasteiger partial charge in [-0.3, -0.25) is 14.7 Å². The van der Waals surface area contributed by atoms with Crippen LogP contribution in [-0.2, 0) is 6.42 Å². The van der Waals surface area contributed by atoms with E-state index in [9.17, 15) is 14.7 Å². The molecule has 0 spiro atoms. The molecule has 2 aromatic heterocycles. The second kappa shape index (κ2) is 7.39. The van der Waals surface area contributed by atoms with Gasteiger partial charge in [-0.2, -0.15) is 15.1 Å². The Kier molecular flexibility index (Phi) is 4.98. The molecule has 0 amide bonds. The van der Waals surface area contributed by atoms with Gasteiger partial charge in [0, 0.05) is 12.1 Å². The van der Waals surface area contributed by atoms with Gasteiger partial charge in [0.2, 0.25) is 17.3 Å². The first-order valence-corrected chi connectivity index (χ1v) is 7.96. The topological polar surface area (TPSA) is 163 Å². The lowest BCUT2D eigenvalue weighted by Crippen LogP contribution is -2.19. The first-order valence-electron chi connectivity index (χ1n) is 7.96. The summed E-state index contributed by atoms with van der Waals surface area (Å²) in [5, 5.41) is 16.1. The monoisotopic (exact) mass is 387 g/mol. The Morgan fingerprint density at radius 3 is 2.36 bits per heavy atom. The van der Waals surface area contributed by atoms with Crippen molar-refractivity contribution in [2.24, 2.45) is 0 Å². The highest BCUT2D eigenvalue weighted by Crippen LogP contribution is 2.34. The number of carbonyl (C=O) groups is 1. The number of hydrogen-bond acceptors (Lipinski definition) is 10. The molecule has 2 heterocycles. The van der Waals surface area contributed by atoms with Gasteiger partial charge in [0.1, 0.15) is 33.9 Å². The number of hydrogen-bond donors (Lipinski definition) is 3. The minimum atomic E-state index is -0.689. The van der Waals surface area contributed by atoms with Gasteiger partial charge in [0.15, 0.2) is 11.4 Å². The van der Waals surface area contributed by atoms with Crippen LogP contribution in [0.5, 0.6) is 23.1 Å². The maximum Gasteiger partial charge on any atom is 0.229 e. The molecule has 4 N–H and O–H groups in total. The summed E-state index contributed by atoms with van der Waals surface area (Å²) < 4.78 is 15.7. The number of ether oxygens (including phenoxy) is 3. The van der Waals surface area contributed by atoms with Crippen LogP contribution in [-0.4, -0.2) is 52.4 Å². The number of rotatable bonds is 6. The second-order valence-corrected chi connectivity index (χ2v) is 5.64. The molecule has 0 unspecified atom stereocenters. The van der Waals surface area contributed by atoms with Gasteiger partial charge in [-0.05, 0) is 0 Å². The molecule has 11 nitrogen and oxygen atoms in total. The van der Waals surface area contributed by atoms with Crippen LogP contribution in [0.25, 0.3) is 11.0 Å². The van der Waals surface area contributed by atoms with E-state index in [0.717, 1.165) is 0 Å². The average Bonchev–Trinajstić information content (AvgIpc) is 2.68. The van der Waals surface area contributed by atoms with E-state index in [2.05, 4.69) is 20.2 Å². The van der Waals surface area contributed by atoms with Gasteiger partial charge >= 0.3 is 0 Å². The molecule has 0 saturated heterocycles. The maximum atomic E-state index is 12.9. The number of benzene rings is 1. The van der Waals surface area contributed by atoms with Gasteiger partial charge in [-0.1, -0.05) is 0 Å². The lowest BCUT2D eigenvalue weighted by Gasteiger charge is -2.14. The molecule has 0 atom stereocenters. The highest BCUT2D eigenvalue weighted by molar-refractivity contribution is 6.02. The summed E-state index contributed by atoms with van der Waals surface area (Å²) in [4.78, 5) is 32.9. The first-order chi connectivity index (χ1) is 13.4. The van der Waals surface area contributed by atoms with E-state index < -0.39 is 17.1 Å². The van der Waals surface area contributed by atoms with Gasteiger partial charge in [0.25, 0.3) is 0 Å². The van der Waals surface area contributed by atoms with Crippen molar-refractivity contribution >= 4 is 22.8 Å². The molecular weight excluding hydrogens is 370 g/mol. The van der Waals surface area contributed by atoms with E-state index in [1.165, 1.54) is 33.5 Å². The predicted octanol–water partition coefficient (Wildman–Crippen LogP) is 0.452. The number of ketones is 1. The number of aromatic amines is 1. The van der Waals surface area contributed by atoms with Crippen molar-refractivity contribution in [1.29, 1.82) is 0 Å². The lowest BCUT2D eigenvalue weighted by molar-refractivity contribution is 0.0985. The maximum absolute atomic E-state index is 12.9. The van der Waals surface area contributed by atoms with Crippen LogP contribution in [0, 0.1) is 0 Å². The lowest BCUT2D eigenvalue weighted by atomic mass is 10.0. The molecule has 0 bridgehead atoms. The molecule has 0 aliphatic rings. The van der Waals surface area contributed by atoms with Crippen molar-refractivity contribution in [1.82, 2.24) is 20.2 Å². The van der Waals surface area contributed by atoms with E-state index >= 15 is 0 Å². The third-order valence-electron chi connectivity index (χ3n) is 4.02. The Bertz CT molecular complexity index is 1100. The number of nitrogens with one attached hydrogen (secondary N) is 1. The summed E-state index contributed by atoms with van der Waals surface area (Å²) in [5.74, 6) is -0.427. The number of H-pyrrole nitrogens is 1. The van der Waals surface area contributed by atoms with Crippen molar-refractivity contribution < 1.29 is 24.1 Å². The summed E-state index contributed by atoms with van der Waals surface area (Å²) in [6.07, 6.45) is -0.381. The number of aromatic hydroxyl groups is 1. The third-order valence-corrected chi connectivity index (χ3v) is 4.02. The van der Waals surface area contributed by atoms with Crippen LogP contribution in [0.3, 0.4) is 0 Å². The standard InChI is InChI=1S/C17H17N5O6/c1-26-7-4-10(27-2)12(11(5-7)28-3)9(23)6-8-14(24)13-15(22-21-8)19-17(18)20-16(13)25/h4-5H,6H2,1-3H3,(H4,18,19,20,22,24,25). The highest BCUT2D eigenvalue weighted by Gasteiger charge is 2.23. The number of nitrogen functional groups attached to an aromatic ring is 1. The molecule has 146 valence electrons. The molecule has 1 aromatic carbocycles. The molecule has 3 aromatic rings. The van der Waals surface area contributed by atoms with Crippen LogP contribution in [0.1, 0.15) is 16.1 Å². The summed E-state index contributed by atoms with van der Waals surface area (Å²) in [6, 6.07) is 3.05. The SMILES string of the molecule is COc1cc(OC)c(C(=O)Cc2n[nH]c3nc(N)nc(O)c3c2=O)c(OC)c1. The molecule has 0 aliphatic heterocycles. The normalized spacial score (nSPS) is 10.7. The summed E-state index contributed by atoms with van der Waals surface area (Å²) in [6.45, 7) is 0. The number of nitrogens with zero attached hydrogens (tertiary/aromatic N) is 3. The van der Waals surface area contributed by atoms with E-state index in [4.69, 9.17) is 19.9 Å². The molecule has 0 radical (unpaired) electrons.